The first-order valence-electron chi connectivity index (χ1n) is 7.11. The molecule has 0 bridgehead atoms. The zero-order valence-electron chi connectivity index (χ0n) is 12.0. The van der Waals surface area contributed by atoms with Gasteiger partial charge >= 0.3 is 0 Å². The Kier molecular flexibility index (Phi) is 7.38. The molecule has 0 aromatic rings. The highest BCUT2D eigenvalue weighted by Crippen LogP contribution is 2.16. The average molecular weight is 382 g/mol. The molecule has 6 heteroatoms. The third-order valence-electron chi connectivity index (χ3n) is 3.93. The van der Waals surface area contributed by atoms with Crippen LogP contribution in [0.5, 0.6) is 0 Å². The van der Waals surface area contributed by atoms with Gasteiger partial charge in [-0.1, -0.05) is 6.92 Å². The third kappa shape index (κ3) is 4.75. The summed E-state index contributed by atoms with van der Waals surface area (Å²) in [6.45, 7) is 9.94. The molecule has 0 aromatic carbocycles. The molecule has 0 saturated carbocycles. The summed E-state index contributed by atoms with van der Waals surface area (Å²) in [7, 11) is 0. The Hall–Kier alpha value is -0.0800. The van der Waals surface area contributed by atoms with Crippen molar-refractivity contribution in [3.63, 3.8) is 0 Å². The largest absolute Gasteiger partial charge is 0.375 e. The molecule has 2 aliphatic heterocycles. The molecule has 19 heavy (non-hydrogen) atoms. The maximum Gasteiger partial charge on any atom is 0.191 e. The monoisotopic (exact) mass is 382 g/mol. The maximum atomic E-state index is 6.08. The van der Waals surface area contributed by atoms with E-state index in [1.165, 1.54) is 19.4 Å². The van der Waals surface area contributed by atoms with Crippen LogP contribution in [-0.4, -0.2) is 67.2 Å². The van der Waals surface area contributed by atoms with Crippen molar-refractivity contribution in [3.8, 4) is 0 Å². The fraction of sp³-hybridized carbons (Fsp3) is 0.923. The van der Waals surface area contributed by atoms with Crippen molar-refractivity contribution in [1.29, 1.82) is 0 Å². The minimum Gasteiger partial charge on any atom is -0.375 e. The zero-order chi connectivity index (χ0) is 13.0. The van der Waals surface area contributed by atoms with Gasteiger partial charge in [-0.05, 0) is 32.9 Å². The molecule has 2 N–H and O–H groups in total. The zero-order valence-corrected chi connectivity index (χ0v) is 14.4. The van der Waals surface area contributed by atoms with Gasteiger partial charge in [0.25, 0.3) is 0 Å². The first kappa shape index (κ1) is 17.0. The summed E-state index contributed by atoms with van der Waals surface area (Å²) in [6.07, 6.45) is 2.80. The van der Waals surface area contributed by atoms with Gasteiger partial charge in [0, 0.05) is 19.1 Å². The molecule has 0 radical (unpaired) electrons. The Bertz CT molecular complexity index is 300. The molecule has 2 aliphatic rings. The van der Waals surface area contributed by atoms with Crippen LogP contribution in [0.2, 0.25) is 0 Å². The van der Waals surface area contributed by atoms with E-state index in [0.717, 1.165) is 32.8 Å². The van der Waals surface area contributed by atoms with Gasteiger partial charge in [-0.2, -0.15) is 0 Å². The molecular formula is C13H27IN4O. The third-order valence-corrected chi connectivity index (χ3v) is 3.93. The number of nitrogens with zero attached hydrogens (tertiary/aromatic N) is 3. The molecule has 2 fully saturated rings. The second-order valence-corrected chi connectivity index (χ2v) is 5.25. The maximum absolute atomic E-state index is 6.08. The molecule has 2 saturated heterocycles. The summed E-state index contributed by atoms with van der Waals surface area (Å²) >= 11 is 0. The first-order chi connectivity index (χ1) is 8.70. The Morgan fingerprint density at radius 3 is 2.89 bits per heavy atom. The lowest BCUT2D eigenvalue weighted by Gasteiger charge is -2.32. The molecule has 2 rings (SSSR count). The van der Waals surface area contributed by atoms with Crippen LogP contribution in [0.1, 0.15) is 26.7 Å². The van der Waals surface area contributed by atoms with Gasteiger partial charge in [0.1, 0.15) is 0 Å². The molecule has 112 valence electrons. The number of likely N-dealkylation sites (N-methyl/N-ethyl adjacent to an activating group) is 1. The summed E-state index contributed by atoms with van der Waals surface area (Å²) in [5.41, 5.74) is 6.08. The van der Waals surface area contributed by atoms with Crippen LogP contribution in [-0.2, 0) is 4.74 Å². The number of rotatable bonds is 3. The van der Waals surface area contributed by atoms with Crippen LogP contribution in [0.15, 0.2) is 4.99 Å². The second kappa shape index (κ2) is 8.26. The lowest BCUT2D eigenvalue weighted by atomic mass is 10.2. The number of morpholine rings is 1. The molecular weight excluding hydrogens is 355 g/mol. The number of likely N-dealkylation sites (tertiary alicyclic amines) is 1. The average Bonchev–Trinajstić information content (AvgIpc) is 2.83. The fourth-order valence-electron chi connectivity index (χ4n) is 2.84. The fourth-order valence-corrected chi connectivity index (χ4v) is 2.84. The quantitative estimate of drug-likeness (QED) is 0.452. The number of halogens is 1. The summed E-state index contributed by atoms with van der Waals surface area (Å²) in [5.74, 6) is 0.688. The van der Waals surface area contributed by atoms with Crippen molar-refractivity contribution in [2.24, 2.45) is 10.7 Å². The van der Waals surface area contributed by atoms with E-state index in [1.54, 1.807) is 0 Å². The van der Waals surface area contributed by atoms with E-state index in [4.69, 9.17) is 10.5 Å². The molecule has 0 aromatic heterocycles. The Labute approximate surface area is 133 Å². The van der Waals surface area contributed by atoms with Crippen LogP contribution in [0, 0.1) is 0 Å². The van der Waals surface area contributed by atoms with Crippen molar-refractivity contribution in [2.45, 2.75) is 38.8 Å². The number of nitrogens with two attached hydrogens (primary N) is 1. The molecule has 2 atom stereocenters. The molecule has 2 unspecified atom stereocenters. The Morgan fingerprint density at radius 1 is 1.42 bits per heavy atom. The van der Waals surface area contributed by atoms with Crippen molar-refractivity contribution in [2.75, 3.05) is 39.3 Å². The van der Waals surface area contributed by atoms with Crippen molar-refractivity contribution < 1.29 is 4.74 Å². The van der Waals surface area contributed by atoms with Crippen LogP contribution in [0.3, 0.4) is 0 Å². The number of guanidine groups is 1. The lowest BCUT2D eigenvalue weighted by molar-refractivity contribution is 0.00526. The van der Waals surface area contributed by atoms with Crippen LogP contribution < -0.4 is 5.73 Å². The Balaban J connectivity index is 0.00000180. The van der Waals surface area contributed by atoms with Gasteiger partial charge in [-0.3, -0.25) is 9.89 Å². The smallest absolute Gasteiger partial charge is 0.191 e. The lowest BCUT2D eigenvalue weighted by Crippen LogP contribution is -2.48. The van der Waals surface area contributed by atoms with Crippen molar-refractivity contribution in [1.82, 2.24) is 9.80 Å². The Morgan fingerprint density at radius 2 is 2.21 bits per heavy atom. The van der Waals surface area contributed by atoms with E-state index in [0.29, 0.717) is 12.0 Å². The molecule has 0 amide bonds. The van der Waals surface area contributed by atoms with Gasteiger partial charge in [0.2, 0.25) is 0 Å². The number of hydrogen-bond donors (Lipinski definition) is 1. The second-order valence-electron chi connectivity index (χ2n) is 5.25. The standard InChI is InChI=1S/C13H26N4O.HI/c1-3-16-6-4-5-12(16)9-15-13(14)17-7-8-18-11(2)10-17;/h11-12H,3-10H2,1-2H3,(H2,14,15);1H. The summed E-state index contributed by atoms with van der Waals surface area (Å²) in [4.78, 5) is 9.22. The summed E-state index contributed by atoms with van der Waals surface area (Å²) < 4.78 is 5.51. The number of ether oxygens (including phenoxy) is 1. The number of aliphatic imine (C=N–C) groups is 1. The minimum atomic E-state index is 0. The normalized spacial score (nSPS) is 29.4. The molecule has 0 spiro atoms. The highest BCUT2D eigenvalue weighted by atomic mass is 127. The first-order valence-corrected chi connectivity index (χ1v) is 7.11. The van der Waals surface area contributed by atoms with Crippen molar-refractivity contribution in [3.05, 3.63) is 0 Å². The topological polar surface area (TPSA) is 54.1 Å². The van der Waals surface area contributed by atoms with Gasteiger partial charge < -0.3 is 15.4 Å². The van der Waals surface area contributed by atoms with Crippen LogP contribution in [0.4, 0.5) is 0 Å². The molecule has 5 nitrogen and oxygen atoms in total. The van der Waals surface area contributed by atoms with E-state index in [9.17, 15) is 0 Å². The van der Waals surface area contributed by atoms with E-state index in [-0.39, 0.29) is 30.1 Å². The predicted octanol–water partition coefficient (Wildman–Crippen LogP) is 1.12. The van der Waals surface area contributed by atoms with Crippen LogP contribution >= 0.6 is 24.0 Å². The van der Waals surface area contributed by atoms with Gasteiger partial charge in [-0.15, -0.1) is 24.0 Å². The van der Waals surface area contributed by atoms with Crippen LogP contribution in [0.25, 0.3) is 0 Å². The van der Waals surface area contributed by atoms with Gasteiger partial charge in [0.15, 0.2) is 5.96 Å². The SMILES string of the molecule is CCN1CCCC1CN=C(N)N1CCOC(C)C1.I. The van der Waals surface area contributed by atoms with Gasteiger partial charge in [-0.25, -0.2) is 0 Å². The number of hydrogen-bond acceptors (Lipinski definition) is 3. The van der Waals surface area contributed by atoms with E-state index in [2.05, 4.69) is 28.6 Å². The predicted molar refractivity (Wildman–Crippen MR) is 89.2 cm³/mol. The van der Waals surface area contributed by atoms with E-state index >= 15 is 0 Å². The van der Waals surface area contributed by atoms with E-state index in [1.807, 2.05) is 0 Å². The highest BCUT2D eigenvalue weighted by Gasteiger charge is 2.23. The van der Waals surface area contributed by atoms with E-state index < -0.39 is 0 Å². The van der Waals surface area contributed by atoms with Gasteiger partial charge in [0.05, 0.1) is 19.3 Å². The highest BCUT2D eigenvalue weighted by molar-refractivity contribution is 14.0. The molecule has 0 aliphatic carbocycles. The van der Waals surface area contributed by atoms with Crippen molar-refractivity contribution >= 4 is 29.9 Å². The molecule has 2 heterocycles. The summed E-state index contributed by atoms with van der Waals surface area (Å²) in [5, 5.41) is 0. The minimum absolute atomic E-state index is 0. The summed E-state index contributed by atoms with van der Waals surface area (Å²) in [6, 6.07) is 0.590.